The van der Waals surface area contributed by atoms with Gasteiger partial charge >= 0.3 is 11.9 Å². The van der Waals surface area contributed by atoms with Gasteiger partial charge in [-0.05, 0) is 62.2 Å². The predicted octanol–water partition coefficient (Wildman–Crippen LogP) is 5.15. The number of ketones is 1. The topological polar surface area (TPSA) is 124 Å². The minimum Gasteiger partial charge on any atom is -0.507 e. The van der Waals surface area contributed by atoms with Crippen LogP contribution in [0.1, 0.15) is 51.9 Å². The summed E-state index contributed by atoms with van der Waals surface area (Å²) in [4.78, 5) is 45.5. The van der Waals surface area contributed by atoms with E-state index in [-0.39, 0.29) is 34.1 Å². The highest BCUT2D eigenvalue weighted by atomic mass is 32.1. The standard InChI is InChI=1S/C31H30N2O8S/c1-6-12-40-22-11-8-18(15-23(22)39-7-2)25-24(26(34)19-9-10-21-20(14-19)13-16(3)41-21)27(35)29(36)33(25)31-32-17(4)28(42-31)30(37)38-5/h6,8-11,14-16,25,34H,1,7,12-13H2,2-5H3/b26-24+/t16-,25-/m1/s1. The molecule has 0 saturated carbocycles. The lowest BCUT2D eigenvalue weighted by Crippen LogP contribution is -2.29. The van der Waals surface area contributed by atoms with Crippen molar-refractivity contribution in [2.75, 3.05) is 25.2 Å². The number of carbonyl (C=O) groups excluding carboxylic acids is 3. The van der Waals surface area contributed by atoms with E-state index in [1.54, 1.807) is 49.4 Å². The number of methoxy groups -OCH3 is 1. The lowest BCUT2D eigenvalue weighted by molar-refractivity contribution is -0.132. The Hall–Kier alpha value is -4.64. The first-order chi connectivity index (χ1) is 20.2. The second-order valence-electron chi connectivity index (χ2n) is 9.77. The Morgan fingerprint density at radius 2 is 2.00 bits per heavy atom. The van der Waals surface area contributed by atoms with E-state index in [2.05, 4.69) is 11.6 Å². The second kappa shape index (κ2) is 11.7. The van der Waals surface area contributed by atoms with Crippen LogP contribution in [0.15, 0.2) is 54.6 Å². The van der Waals surface area contributed by atoms with E-state index in [1.165, 1.54) is 12.0 Å². The fourth-order valence-electron chi connectivity index (χ4n) is 5.07. The van der Waals surface area contributed by atoms with E-state index in [1.807, 2.05) is 13.8 Å². The van der Waals surface area contributed by atoms with Gasteiger partial charge in [0.15, 0.2) is 16.6 Å². The highest BCUT2D eigenvalue weighted by molar-refractivity contribution is 7.17. The molecule has 0 aliphatic carbocycles. The number of aryl methyl sites for hydroxylation is 1. The molecule has 2 aliphatic rings. The number of ether oxygens (including phenoxy) is 4. The maximum absolute atomic E-state index is 13.7. The largest absolute Gasteiger partial charge is 0.507 e. The molecule has 2 aliphatic heterocycles. The van der Waals surface area contributed by atoms with Crippen molar-refractivity contribution in [3.63, 3.8) is 0 Å². The van der Waals surface area contributed by atoms with Crippen LogP contribution in [0.3, 0.4) is 0 Å². The number of aliphatic hydroxyl groups is 1. The van der Waals surface area contributed by atoms with Gasteiger partial charge < -0.3 is 24.1 Å². The van der Waals surface area contributed by atoms with Crippen LogP contribution in [0.25, 0.3) is 5.76 Å². The van der Waals surface area contributed by atoms with Crippen molar-refractivity contribution in [2.45, 2.75) is 39.3 Å². The van der Waals surface area contributed by atoms with Gasteiger partial charge in [0.1, 0.15) is 29.1 Å². The fraction of sp³-hybridized carbons (Fsp3) is 0.290. The van der Waals surface area contributed by atoms with Gasteiger partial charge in [0, 0.05) is 12.0 Å². The minimum absolute atomic E-state index is 0.0149. The number of amides is 1. The molecule has 5 rings (SSSR count). The van der Waals surface area contributed by atoms with Crippen molar-refractivity contribution in [3.05, 3.63) is 81.9 Å². The zero-order chi connectivity index (χ0) is 30.1. The molecule has 3 heterocycles. The summed E-state index contributed by atoms with van der Waals surface area (Å²) in [5.74, 6) is -1.19. The Morgan fingerprint density at radius 3 is 2.71 bits per heavy atom. The summed E-state index contributed by atoms with van der Waals surface area (Å²) in [6, 6.07) is 9.10. The number of fused-ring (bicyclic) bond motifs is 1. The van der Waals surface area contributed by atoms with Crippen LogP contribution < -0.4 is 19.1 Å². The van der Waals surface area contributed by atoms with E-state index >= 15 is 0 Å². The first-order valence-electron chi connectivity index (χ1n) is 13.4. The van der Waals surface area contributed by atoms with Crippen molar-refractivity contribution in [1.29, 1.82) is 0 Å². The average molecular weight is 591 g/mol. The van der Waals surface area contributed by atoms with Gasteiger partial charge in [-0.1, -0.05) is 30.1 Å². The molecule has 0 spiro atoms. The first kappa shape index (κ1) is 28.9. The van der Waals surface area contributed by atoms with Gasteiger partial charge in [0.2, 0.25) is 0 Å². The molecule has 2 atom stereocenters. The summed E-state index contributed by atoms with van der Waals surface area (Å²) in [7, 11) is 1.25. The Morgan fingerprint density at radius 1 is 1.21 bits per heavy atom. The molecular weight excluding hydrogens is 560 g/mol. The van der Waals surface area contributed by atoms with Crippen LogP contribution in [0.5, 0.6) is 17.2 Å². The molecular formula is C31H30N2O8S. The van der Waals surface area contributed by atoms with Gasteiger partial charge in [-0.3, -0.25) is 14.5 Å². The van der Waals surface area contributed by atoms with Crippen LogP contribution in [-0.4, -0.2) is 54.2 Å². The molecule has 218 valence electrons. The van der Waals surface area contributed by atoms with Crippen LogP contribution in [0.4, 0.5) is 5.13 Å². The molecule has 0 radical (unpaired) electrons. The Bertz CT molecular complexity index is 1620. The van der Waals surface area contributed by atoms with E-state index < -0.39 is 23.7 Å². The molecule has 1 N–H and O–H groups in total. The number of hydrogen-bond acceptors (Lipinski definition) is 10. The Kier molecular flexibility index (Phi) is 8.04. The van der Waals surface area contributed by atoms with Crippen molar-refractivity contribution >= 4 is 39.9 Å². The highest BCUT2D eigenvalue weighted by Gasteiger charge is 2.48. The average Bonchev–Trinajstić information content (AvgIpc) is 3.63. The number of Topliss-reactive ketones (excluding diaryl/α,β-unsaturated/α-hetero) is 1. The van der Waals surface area contributed by atoms with Crippen molar-refractivity contribution in [1.82, 2.24) is 4.98 Å². The smallest absolute Gasteiger partial charge is 0.350 e. The molecule has 3 aromatic rings. The Labute approximate surface area is 246 Å². The summed E-state index contributed by atoms with van der Waals surface area (Å²) in [5.41, 5.74) is 1.95. The van der Waals surface area contributed by atoms with Crippen molar-refractivity contribution < 1.29 is 38.4 Å². The van der Waals surface area contributed by atoms with Gasteiger partial charge in [0.05, 0.1) is 31.0 Å². The number of carbonyl (C=O) groups is 3. The third-order valence-corrected chi connectivity index (χ3v) is 8.05. The number of anilines is 1. The SMILES string of the molecule is C=CCOc1ccc([C@@H]2/C(=C(\O)c3ccc4c(c3)C[C@@H](C)O4)C(=O)C(=O)N2c2nc(C)c(C(=O)OC)s2)cc1OCC. The second-order valence-corrected chi connectivity index (χ2v) is 10.7. The predicted molar refractivity (Wildman–Crippen MR) is 157 cm³/mol. The van der Waals surface area contributed by atoms with E-state index in [9.17, 15) is 19.5 Å². The first-order valence-corrected chi connectivity index (χ1v) is 14.2. The van der Waals surface area contributed by atoms with E-state index in [0.29, 0.717) is 47.1 Å². The zero-order valence-electron chi connectivity index (χ0n) is 23.6. The van der Waals surface area contributed by atoms with Crippen LogP contribution in [0, 0.1) is 6.92 Å². The summed E-state index contributed by atoms with van der Waals surface area (Å²) in [6.07, 6.45) is 2.23. The molecule has 42 heavy (non-hydrogen) atoms. The molecule has 1 fully saturated rings. The number of nitrogens with zero attached hydrogens (tertiary/aromatic N) is 2. The van der Waals surface area contributed by atoms with Gasteiger partial charge in [-0.2, -0.15) is 0 Å². The number of aromatic nitrogens is 1. The fourth-order valence-corrected chi connectivity index (χ4v) is 6.08. The third kappa shape index (κ3) is 5.11. The van der Waals surface area contributed by atoms with Gasteiger partial charge in [0.25, 0.3) is 5.78 Å². The lowest BCUT2D eigenvalue weighted by Gasteiger charge is -2.24. The minimum atomic E-state index is -1.09. The summed E-state index contributed by atoms with van der Waals surface area (Å²) >= 11 is 0.928. The number of rotatable bonds is 9. The maximum atomic E-state index is 13.7. The summed E-state index contributed by atoms with van der Waals surface area (Å²) in [6.45, 7) is 9.63. The molecule has 1 aromatic heterocycles. The molecule has 0 unspecified atom stereocenters. The monoisotopic (exact) mass is 590 g/mol. The number of esters is 1. The third-order valence-electron chi connectivity index (χ3n) is 6.92. The van der Waals surface area contributed by atoms with E-state index in [4.69, 9.17) is 18.9 Å². The molecule has 11 heteroatoms. The Balaban J connectivity index is 1.70. The van der Waals surface area contributed by atoms with Crippen LogP contribution in [-0.2, 0) is 20.7 Å². The maximum Gasteiger partial charge on any atom is 0.350 e. The van der Waals surface area contributed by atoms with E-state index in [0.717, 1.165) is 16.9 Å². The number of thiazole rings is 1. The molecule has 2 aromatic carbocycles. The molecule has 10 nitrogen and oxygen atoms in total. The number of aliphatic hydroxyl groups excluding tert-OH is 1. The number of hydrogen-bond donors (Lipinski definition) is 1. The van der Waals surface area contributed by atoms with Gasteiger partial charge in [-0.25, -0.2) is 9.78 Å². The quantitative estimate of drug-likeness (QED) is 0.118. The summed E-state index contributed by atoms with van der Waals surface area (Å²) in [5, 5.41) is 11.7. The van der Waals surface area contributed by atoms with Crippen molar-refractivity contribution in [2.24, 2.45) is 0 Å². The molecule has 0 bridgehead atoms. The molecule has 1 saturated heterocycles. The van der Waals surface area contributed by atoms with Crippen LogP contribution in [0.2, 0.25) is 0 Å². The molecule has 1 amide bonds. The van der Waals surface area contributed by atoms with Gasteiger partial charge in [-0.15, -0.1) is 0 Å². The normalized spacial score (nSPS) is 18.9. The van der Waals surface area contributed by atoms with Crippen LogP contribution >= 0.6 is 11.3 Å². The zero-order valence-corrected chi connectivity index (χ0v) is 24.4. The number of benzene rings is 2. The van der Waals surface area contributed by atoms with Crippen molar-refractivity contribution in [3.8, 4) is 17.2 Å². The summed E-state index contributed by atoms with van der Waals surface area (Å²) < 4.78 is 22.2. The lowest BCUT2D eigenvalue weighted by atomic mass is 9.94. The highest BCUT2D eigenvalue weighted by Crippen LogP contribution is 2.46.